The van der Waals surface area contributed by atoms with Gasteiger partial charge in [-0.25, -0.2) is 4.79 Å². The lowest BCUT2D eigenvalue weighted by Gasteiger charge is -2.02. The predicted octanol–water partition coefficient (Wildman–Crippen LogP) is -0.493. The molecule has 0 aromatic carbocycles. The van der Waals surface area contributed by atoms with Crippen molar-refractivity contribution in [3.8, 4) is 0 Å². The minimum Gasteiger partial charge on any atom is -0.449 e. The number of hydrogen-bond donors (Lipinski definition) is 3. The average Bonchev–Trinajstić information content (AvgIpc) is 1.98. The molecule has 6 heteroatoms. The van der Waals surface area contributed by atoms with Gasteiger partial charge >= 0.3 is 12.1 Å². The number of aliphatic hydroxyl groups excluding tert-OH is 2. The number of ether oxygens (including phenoxy) is 1. The highest BCUT2D eigenvalue weighted by atomic mass is 16.7. The van der Waals surface area contributed by atoms with Crippen LogP contribution in [0.5, 0.6) is 0 Å². The van der Waals surface area contributed by atoms with Crippen LogP contribution < -0.4 is 0 Å². The highest BCUT2D eigenvalue weighted by Crippen LogP contribution is 1.96. The maximum atomic E-state index is 10.6. The van der Waals surface area contributed by atoms with Gasteiger partial charge in [0, 0.05) is 0 Å². The fraction of sp³-hybridized carbons (Fsp3) is 0.429. The third-order valence-electron chi connectivity index (χ3n) is 1.04. The van der Waals surface area contributed by atoms with Gasteiger partial charge < -0.3 is 20.1 Å². The van der Waals surface area contributed by atoms with Crippen LogP contribution in [0.15, 0.2) is 12.2 Å². The first kappa shape index (κ1) is 11.6. The van der Waals surface area contributed by atoms with Gasteiger partial charge in [0.05, 0.1) is 19.1 Å². The zero-order chi connectivity index (χ0) is 10.3. The molecule has 0 bridgehead atoms. The van der Waals surface area contributed by atoms with Crippen molar-refractivity contribution >= 4 is 12.1 Å². The molecule has 0 amide bonds. The van der Waals surface area contributed by atoms with Crippen molar-refractivity contribution in [2.45, 2.75) is 12.5 Å². The first-order valence-electron chi connectivity index (χ1n) is 3.45. The minimum atomic E-state index is -1.71. The average molecular weight is 190 g/mol. The molecule has 0 aliphatic carbocycles. The van der Waals surface area contributed by atoms with E-state index in [1.54, 1.807) is 0 Å². The standard InChI is InChI=1S/C7H10O6/c8-3-1-2-5(9)4-6(10)13-7(11)12/h1-2,5,8-9H,3-4H2,(H,11,12). The van der Waals surface area contributed by atoms with Crippen molar-refractivity contribution in [2.24, 2.45) is 0 Å². The lowest BCUT2D eigenvalue weighted by molar-refractivity contribution is -0.140. The second-order valence-corrected chi connectivity index (χ2v) is 2.12. The lowest BCUT2D eigenvalue weighted by atomic mass is 10.2. The molecule has 0 aromatic rings. The molecule has 0 aliphatic heterocycles. The number of carbonyl (C=O) groups is 2. The Hall–Kier alpha value is -1.40. The monoisotopic (exact) mass is 190 g/mol. The van der Waals surface area contributed by atoms with E-state index in [-0.39, 0.29) is 6.61 Å². The second kappa shape index (κ2) is 6.15. The maximum Gasteiger partial charge on any atom is 0.513 e. The van der Waals surface area contributed by atoms with E-state index in [1.165, 1.54) is 12.2 Å². The highest BCUT2D eigenvalue weighted by Gasteiger charge is 2.12. The summed E-state index contributed by atoms with van der Waals surface area (Å²) < 4.78 is 3.72. The topological polar surface area (TPSA) is 104 Å². The van der Waals surface area contributed by atoms with Crippen molar-refractivity contribution in [2.75, 3.05) is 6.61 Å². The maximum absolute atomic E-state index is 10.6. The Morgan fingerprint density at radius 3 is 2.54 bits per heavy atom. The Morgan fingerprint density at radius 2 is 2.08 bits per heavy atom. The predicted molar refractivity (Wildman–Crippen MR) is 41.0 cm³/mol. The summed E-state index contributed by atoms with van der Waals surface area (Å²) in [5.74, 6) is -1.04. The summed E-state index contributed by atoms with van der Waals surface area (Å²) in [5.41, 5.74) is 0. The van der Waals surface area contributed by atoms with E-state index >= 15 is 0 Å². The van der Waals surface area contributed by atoms with E-state index in [1.807, 2.05) is 0 Å². The molecule has 13 heavy (non-hydrogen) atoms. The van der Waals surface area contributed by atoms with E-state index in [9.17, 15) is 9.59 Å². The molecule has 0 spiro atoms. The van der Waals surface area contributed by atoms with E-state index in [0.717, 1.165) is 0 Å². The number of esters is 1. The molecular formula is C7H10O6. The number of carboxylic acid groups (broad SMARTS) is 1. The summed E-state index contributed by atoms with van der Waals surface area (Å²) in [6, 6.07) is 0. The first-order chi connectivity index (χ1) is 6.06. The summed E-state index contributed by atoms with van der Waals surface area (Å²) in [7, 11) is 0. The van der Waals surface area contributed by atoms with Crippen LogP contribution in [0.3, 0.4) is 0 Å². The zero-order valence-corrected chi connectivity index (χ0v) is 6.71. The second-order valence-electron chi connectivity index (χ2n) is 2.12. The molecule has 0 radical (unpaired) electrons. The lowest BCUT2D eigenvalue weighted by Crippen LogP contribution is -2.16. The van der Waals surface area contributed by atoms with Gasteiger partial charge in [-0.3, -0.25) is 4.79 Å². The molecular weight excluding hydrogens is 180 g/mol. The molecule has 0 aliphatic rings. The van der Waals surface area contributed by atoms with E-state index < -0.39 is 24.6 Å². The van der Waals surface area contributed by atoms with E-state index in [2.05, 4.69) is 4.74 Å². The largest absolute Gasteiger partial charge is 0.513 e. The van der Waals surface area contributed by atoms with Gasteiger partial charge in [-0.1, -0.05) is 12.2 Å². The minimum absolute atomic E-state index is 0.259. The quantitative estimate of drug-likeness (QED) is 0.314. The van der Waals surface area contributed by atoms with Crippen LogP contribution in [-0.2, 0) is 9.53 Å². The summed E-state index contributed by atoms with van der Waals surface area (Å²) in [6.07, 6.45) is -0.896. The van der Waals surface area contributed by atoms with Crippen LogP contribution >= 0.6 is 0 Å². The molecule has 1 unspecified atom stereocenters. The Kier molecular flexibility index (Phi) is 5.49. The van der Waals surface area contributed by atoms with Crippen LogP contribution in [-0.4, -0.2) is 40.2 Å². The third-order valence-corrected chi connectivity index (χ3v) is 1.04. The molecule has 0 heterocycles. The normalized spacial score (nSPS) is 12.8. The number of hydrogen-bond acceptors (Lipinski definition) is 5. The van der Waals surface area contributed by atoms with Gasteiger partial charge in [-0.2, -0.15) is 0 Å². The number of rotatable bonds is 4. The SMILES string of the molecule is O=C(O)OC(=O)CC(O)C=CCO. The summed E-state index contributed by atoms with van der Waals surface area (Å²) in [4.78, 5) is 20.4. The van der Waals surface area contributed by atoms with Crippen LogP contribution in [0.2, 0.25) is 0 Å². The Morgan fingerprint density at radius 1 is 1.46 bits per heavy atom. The van der Waals surface area contributed by atoms with Crippen LogP contribution in [0.1, 0.15) is 6.42 Å². The third kappa shape index (κ3) is 6.98. The van der Waals surface area contributed by atoms with Crippen LogP contribution in [0.4, 0.5) is 4.79 Å². The van der Waals surface area contributed by atoms with Crippen molar-refractivity contribution in [1.82, 2.24) is 0 Å². The van der Waals surface area contributed by atoms with Gasteiger partial charge in [-0.15, -0.1) is 0 Å². The molecule has 0 saturated heterocycles. The van der Waals surface area contributed by atoms with Crippen molar-refractivity contribution in [1.29, 1.82) is 0 Å². The van der Waals surface area contributed by atoms with Gasteiger partial charge in [-0.05, 0) is 0 Å². The summed E-state index contributed by atoms with van der Waals surface area (Å²) in [5, 5.41) is 25.2. The van der Waals surface area contributed by atoms with Crippen molar-refractivity contribution in [3.05, 3.63) is 12.2 Å². The van der Waals surface area contributed by atoms with Crippen molar-refractivity contribution in [3.63, 3.8) is 0 Å². The fourth-order valence-corrected chi connectivity index (χ4v) is 0.596. The Labute approximate surface area is 74.1 Å². The van der Waals surface area contributed by atoms with Gasteiger partial charge in [0.1, 0.15) is 0 Å². The molecule has 6 nitrogen and oxygen atoms in total. The summed E-state index contributed by atoms with van der Waals surface area (Å²) >= 11 is 0. The van der Waals surface area contributed by atoms with Crippen molar-refractivity contribution < 1.29 is 29.6 Å². The first-order valence-corrected chi connectivity index (χ1v) is 3.45. The summed E-state index contributed by atoms with van der Waals surface area (Å²) in [6.45, 7) is -0.259. The van der Waals surface area contributed by atoms with Crippen LogP contribution in [0, 0.1) is 0 Å². The van der Waals surface area contributed by atoms with E-state index in [4.69, 9.17) is 15.3 Å². The van der Waals surface area contributed by atoms with Gasteiger partial charge in [0.2, 0.25) is 0 Å². The fourth-order valence-electron chi connectivity index (χ4n) is 0.596. The number of carbonyl (C=O) groups excluding carboxylic acids is 1. The number of aliphatic hydroxyl groups is 2. The van der Waals surface area contributed by atoms with E-state index in [0.29, 0.717) is 0 Å². The zero-order valence-electron chi connectivity index (χ0n) is 6.71. The Balaban J connectivity index is 3.78. The molecule has 0 fully saturated rings. The van der Waals surface area contributed by atoms with Crippen LogP contribution in [0.25, 0.3) is 0 Å². The highest BCUT2D eigenvalue weighted by molar-refractivity contribution is 5.81. The molecule has 1 atom stereocenters. The van der Waals surface area contributed by atoms with Gasteiger partial charge in [0.25, 0.3) is 0 Å². The Bertz CT molecular complexity index is 209. The molecule has 74 valence electrons. The molecule has 0 rings (SSSR count). The smallest absolute Gasteiger partial charge is 0.449 e. The molecule has 3 N–H and O–H groups in total. The molecule has 0 aromatic heterocycles. The molecule has 0 saturated carbocycles. The van der Waals surface area contributed by atoms with Gasteiger partial charge in [0.15, 0.2) is 0 Å².